The summed E-state index contributed by atoms with van der Waals surface area (Å²) in [7, 11) is 0. The highest BCUT2D eigenvalue weighted by Gasteiger charge is 2.25. The minimum atomic E-state index is -0.00871. The molecule has 6 nitrogen and oxygen atoms in total. The van der Waals surface area contributed by atoms with E-state index in [2.05, 4.69) is 26.6 Å². The number of nitrogens with one attached hydrogen (secondary N) is 2. The zero-order valence-corrected chi connectivity index (χ0v) is 16.6. The molecule has 0 bridgehead atoms. The Kier molecular flexibility index (Phi) is 6.76. The lowest BCUT2D eigenvalue weighted by Crippen LogP contribution is -2.43. The van der Waals surface area contributed by atoms with E-state index >= 15 is 0 Å². The minimum Gasteiger partial charge on any atom is -0.352 e. The molecule has 1 aliphatic heterocycles. The smallest absolute Gasteiger partial charge is 0.238 e. The van der Waals surface area contributed by atoms with E-state index in [1.165, 1.54) is 0 Å². The van der Waals surface area contributed by atoms with Gasteiger partial charge in [-0.05, 0) is 80.7 Å². The number of pyridine rings is 1. The van der Waals surface area contributed by atoms with Crippen LogP contribution in [0, 0.1) is 19.8 Å². The summed E-state index contributed by atoms with van der Waals surface area (Å²) in [6, 6.07) is 9.84. The highest BCUT2D eigenvalue weighted by molar-refractivity contribution is 5.92. The molecule has 0 unspecified atom stereocenters. The second-order valence-electron chi connectivity index (χ2n) is 7.55. The monoisotopic (exact) mass is 380 g/mol. The van der Waals surface area contributed by atoms with E-state index in [0.29, 0.717) is 13.1 Å². The van der Waals surface area contributed by atoms with Crippen LogP contribution in [0.2, 0.25) is 0 Å². The van der Waals surface area contributed by atoms with Crippen molar-refractivity contribution in [3.63, 3.8) is 0 Å². The molecule has 2 aromatic rings. The molecule has 1 aliphatic rings. The van der Waals surface area contributed by atoms with Gasteiger partial charge >= 0.3 is 0 Å². The molecule has 2 heterocycles. The number of benzene rings is 1. The Labute approximate surface area is 166 Å². The first kappa shape index (κ1) is 20.0. The molecule has 2 amide bonds. The van der Waals surface area contributed by atoms with Crippen LogP contribution in [0.1, 0.15) is 29.5 Å². The van der Waals surface area contributed by atoms with Crippen LogP contribution in [-0.2, 0) is 16.1 Å². The van der Waals surface area contributed by atoms with E-state index in [1.54, 1.807) is 12.4 Å². The van der Waals surface area contributed by atoms with E-state index in [-0.39, 0.29) is 17.7 Å². The highest BCUT2D eigenvalue weighted by atomic mass is 16.2. The van der Waals surface area contributed by atoms with E-state index in [0.717, 1.165) is 48.3 Å². The second kappa shape index (κ2) is 9.46. The minimum absolute atomic E-state index is 0.00871. The van der Waals surface area contributed by atoms with Gasteiger partial charge in [-0.15, -0.1) is 0 Å². The van der Waals surface area contributed by atoms with Gasteiger partial charge < -0.3 is 10.6 Å². The molecule has 0 radical (unpaired) electrons. The Balaban J connectivity index is 1.41. The van der Waals surface area contributed by atoms with Crippen LogP contribution in [0.25, 0.3) is 0 Å². The Hall–Kier alpha value is -2.73. The fourth-order valence-corrected chi connectivity index (χ4v) is 3.64. The van der Waals surface area contributed by atoms with Crippen LogP contribution in [0.3, 0.4) is 0 Å². The van der Waals surface area contributed by atoms with E-state index in [4.69, 9.17) is 0 Å². The molecular formula is C22H28N4O2. The molecule has 0 saturated carbocycles. The maximum absolute atomic E-state index is 12.4. The van der Waals surface area contributed by atoms with Gasteiger partial charge in [-0.1, -0.05) is 6.07 Å². The lowest BCUT2D eigenvalue weighted by Gasteiger charge is -2.30. The molecule has 0 aliphatic carbocycles. The molecule has 2 N–H and O–H groups in total. The first-order chi connectivity index (χ1) is 13.5. The number of carbonyl (C=O) groups excluding carboxylic acids is 2. The third-order valence-corrected chi connectivity index (χ3v) is 5.05. The summed E-state index contributed by atoms with van der Waals surface area (Å²) in [6.07, 6.45) is 5.00. The summed E-state index contributed by atoms with van der Waals surface area (Å²) in [5, 5.41) is 5.98. The molecule has 1 aromatic heterocycles. The third kappa shape index (κ3) is 5.89. The van der Waals surface area contributed by atoms with Gasteiger partial charge in [0.1, 0.15) is 0 Å². The normalized spacial score (nSPS) is 15.2. The van der Waals surface area contributed by atoms with E-state index in [9.17, 15) is 9.59 Å². The van der Waals surface area contributed by atoms with Crippen LogP contribution < -0.4 is 10.6 Å². The largest absolute Gasteiger partial charge is 0.352 e. The van der Waals surface area contributed by atoms with Gasteiger partial charge in [0.2, 0.25) is 11.8 Å². The number of carbonyl (C=O) groups is 2. The van der Waals surface area contributed by atoms with Crippen molar-refractivity contribution in [3.05, 3.63) is 59.4 Å². The molecular weight excluding hydrogens is 352 g/mol. The van der Waals surface area contributed by atoms with Gasteiger partial charge in [-0.25, -0.2) is 0 Å². The number of rotatable bonds is 6. The number of likely N-dealkylation sites (tertiary alicyclic amines) is 1. The predicted molar refractivity (Wildman–Crippen MR) is 110 cm³/mol. The number of piperidine rings is 1. The summed E-state index contributed by atoms with van der Waals surface area (Å²) in [5.41, 5.74) is 4.15. The molecule has 1 fully saturated rings. The Morgan fingerprint density at radius 1 is 1.07 bits per heavy atom. The third-order valence-electron chi connectivity index (χ3n) is 5.05. The zero-order chi connectivity index (χ0) is 19.9. The van der Waals surface area contributed by atoms with Crippen molar-refractivity contribution >= 4 is 17.5 Å². The van der Waals surface area contributed by atoms with Crippen molar-refractivity contribution in [3.8, 4) is 0 Å². The highest BCUT2D eigenvalue weighted by Crippen LogP contribution is 2.18. The zero-order valence-electron chi connectivity index (χ0n) is 16.6. The van der Waals surface area contributed by atoms with Crippen LogP contribution >= 0.6 is 0 Å². The molecule has 148 valence electrons. The summed E-state index contributed by atoms with van der Waals surface area (Å²) >= 11 is 0. The molecule has 0 atom stereocenters. The number of anilines is 1. The van der Waals surface area contributed by atoms with Gasteiger partial charge in [0.05, 0.1) is 6.54 Å². The summed E-state index contributed by atoms with van der Waals surface area (Å²) in [5.74, 6) is 0.0994. The van der Waals surface area contributed by atoms with Crippen molar-refractivity contribution in [2.45, 2.75) is 33.2 Å². The van der Waals surface area contributed by atoms with Crippen molar-refractivity contribution in [1.82, 2.24) is 15.2 Å². The van der Waals surface area contributed by atoms with Gasteiger partial charge in [0, 0.05) is 30.5 Å². The lowest BCUT2D eigenvalue weighted by atomic mass is 9.96. The first-order valence-electron chi connectivity index (χ1n) is 9.77. The average molecular weight is 380 g/mol. The number of amides is 2. The van der Waals surface area contributed by atoms with Crippen molar-refractivity contribution in [1.29, 1.82) is 0 Å². The molecule has 3 rings (SSSR count). The van der Waals surface area contributed by atoms with Crippen molar-refractivity contribution < 1.29 is 9.59 Å². The molecule has 0 spiro atoms. The van der Waals surface area contributed by atoms with Crippen molar-refractivity contribution in [2.24, 2.45) is 5.92 Å². The fourth-order valence-electron chi connectivity index (χ4n) is 3.64. The lowest BCUT2D eigenvalue weighted by molar-refractivity contribution is -0.126. The van der Waals surface area contributed by atoms with Crippen molar-refractivity contribution in [2.75, 3.05) is 25.0 Å². The van der Waals surface area contributed by atoms with Crippen LogP contribution in [-0.4, -0.2) is 41.3 Å². The van der Waals surface area contributed by atoms with Gasteiger partial charge in [-0.2, -0.15) is 0 Å². The Morgan fingerprint density at radius 3 is 2.36 bits per heavy atom. The molecule has 28 heavy (non-hydrogen) atoms. The van der Waals surface area contributed by atoms with Crippen LogP contribution in [0.4, 0.5) is 5.69 Å². The predicted octanol–water partition coefficient (Wildman–Crippen LogP) is 2.67. The quantitative estimate of drug-likeness (QED) is 0.808. The number of hydrogen-bond donors (Lipinski definition) is 2. The van der Waals surface area contributed by atoms with Crippen LogP contribution in [0.5, 0.6) is 0 Å². The maximum Gasteiger partial charge on any atom is 0.238 e. The van der Waals surface area contributed by atoms with Crippen LogP contribution in [0.15, 0.2) is 42.7 Å². The standard InChI is InChI=1S/C22H28N4O2/c1-16-11-17(2)13-20(12-16)25-21(27)15-26-9-5-19(6-10-26)22(28)24-14-18-3-7-23-8-4-18/h3-4,7-8,11-13,19H,5-6,9-10,14-15H2,1-2H3,(H,24,28)(H,25,27). The average Bonchev–Trinajstić information content (AvgIpc) is 2.66. The Bertz CT molecular complexity index is 794. The van der Waals surface area contributed by atoms with E-state index < -0.39 is 0 Å². The number of aromatic nitrogens is 1. The Morgan fingerprint density at radius 2 is 1.71 bits per heavy atom. The van der Waals surface area contributed by atoms with E-state index in [1.807, 2.05) is 38.1 Å². The maximum atomic E-state index is 12.4. The molecule has 1 aromatic carbocycles. The number of hydrogen-bond acceptors (Lipinski definition) is 4. The summed E-state index contributed by atoms with van der Waals surface area (Å²) in [4.78, 5) is 30.8. The second-order valence-corrected chi connectivity index (χ2v) is 7.55. The topological polar surface area (TPSA) is 74.3 Å². The summed E-state index contributed by atoms with van der Waals surface area (Å²) < 4.78 is 0. The van der Waals surface area contributed by atoms with Gasteiger partial charge in [0.15, 0.2) is 0 Å². The first-order valence-corrected chi connectivity index (χ1v) is 9.77. The van der Waals surface area contributed by atoms with Gasteiger partial charge in [-0.3, -0.25) is 19.5 Å². The SMILES string of the molecule is Cc1cc(C)cc(NC(=O)CN2CCC(C(=O)NCc3ccncc3)CC2)c1. The molecule has 1 saturated heterocycles. The summed E-state index contributed by atoms with van der Waals surface area (Å²) in [6.45, 7) is 6.44. The molecule has 6 heteroatoms. The number of nitrogens with zero attached hydrogens (tertiary/aromatic N) is 2. The van der Waals surface area contributed by atoms with Gasteiger partial charge in [0.25, 0.3) is 0 Å². The fraction of sp³-hybridized carbons (Fsp3) is 0.409. The number of aryl methyl sites for hydroxylation is 2.